The number of benzene rings is 1. The number of anilines is 2. The van der Waals surface area contributed by atoms with Gasteiger partial charge >= 0.3 is 0 Å². The van der Waals surface area contributed by atoms with E-state index in [0.717, 1.165) is 18.1 Å². The van der Waals surface area contributed by atoms with Crippen LogP contribution in [-0.4, -0.2) is 18.6 Å². The van der Waals surface area contributed by atoms with Gasteiger partial charge in [-0.15, -0.1) is 0 Å². The fourth-order valence-corrected chi connectivity index (χ4v) is 2.90. The number of hydrogen-bond acceptors (Lipinski definition) is 4. The molecule has 1 unspecified atom stereocenters. The predicted octanol–water partition coefficient (Wildman–Crippen LogP) is 4.28. The lowest BCUT2D eigenvalue weighted by molar-refractivity contribution is 0.577. The highest BCUT2D eigenvalue weighted by Crippen LogP contribution is 2.30. The third kappa shape index (κ3) is 3.58. The Balaban J connectivity index is 2.09. The molecule has 0 fully saturated rings. The molecule has 2 aromatic rings. The number of thiazole rings is 1. The molecule has 0 aliphatic rings. The summed E-state index contributed by atoms with van der Waals surface area (Å²) in [7, 11) is 2.07. The Morgan fingerprint density at radius 1 is 1.30 bits per heavy atom. The van der Waals surface area contributed by atoms with Gasteiger partial charge in [-0.2, -0.15) is 0 Å². The first kappa shape index (κ1) is 15.0. The number of nitrogens with zero attached hydrogens (tertiary/aromatic N) is 2. The normalized spacial score (nSPS) is 12.4. The Labute approximate surface area is 125 Å². The lowest BCUT2D eigenvalue weighted by Crippen LogP contribution is -2.18. The van der Waals surface area contributed by atoms with E-state index in [-0.39, 0.29) is 0 Å². The molecule has 0 aliphatic carbocycles. The fourth-order valence-electron chi connectivity index (χ4n) is 1.97. The minimum atomic E-state index is 0.368. The Morgan fingerprint density at radius 2 is 2.00 bits per heavy atom. The monoisotopic (exact) mass is 289 g/mol. The van der Waals surface area contributed by atoms with E-state index in [4.69, 9.17) is 0 Å². The number of aryl methyl sites for hydroxylation is 1. The number of nitrogens with one attached hydrogen (secondary N) is 1. The molecule has 2 rings (SSSR count). The van der Waals surface area contributed by atoms with Crippen molar-refractivity contribution in [2.24, 2.45) is 0 Å². The average Bonchev–Trinajstić information content (AvgIpc) is 2.94. The molecule has 4 heteroatoms. The van der Waals surface area contributed by atoms with Crippen LogP contribution in [0, 0.1) is 6.92 Å². The molecule has 1 aromatic carbocycles. The lowest BCUT2D eigenvalue weighted by atomic mass is 10.2. The molecule has 1 heterocycles. The molecular formula is C16H23N3S. The van der Waals surface area contributed by atoms with Gasteiger partial charge < -0.3 is 10.2 Å². The average molecular weight is 289 g/mol. The number of aromatic nitrogens is 1. The first-order valence-electron chi connectivity index (χ1n) is 7.11. The second-order valence-corrected chi connectivity index (χ2v) is 6.16. The van der Waals surface area contributed by atoms with Crippen LogP contribution in [0.1, 0.15) is 36.8 Å². The zero-order chi connectivity index (χ0) is 14.5. The number of rotatable bonds is 6. The minimum Gasteiger partial charge on any atom is -0.321 e. The maximum absolute atomic E-state index is 4.55. The molecule has 3 nitrogen and oxygen atoms in total. The third-order valence-electron chi connectivity index (χ3n) is 3.35. The van der Waals surface area contributed by atoms with Gasteiger partial charge in [-0.3, -0.25) is 0 Å². The molecule has 1 atom stereocenters. The van der Waals surface area contributed by atoms with Crippen molar-refractivity contribution < 1.29 is 0 Å². The van der Waals surface area contributed by atoms with Gasteiger partial charge in [0.15, 0.2) is 5.13 Å². The molecule has 0 radical (unpaired) electrons. The van der Waals surface area contributed by atoms with Gasteiger partial charge in [0.2, 0.25) is 0 Å². The number of hydrogen-bond donors (Lipinski definition) is 1. The minimum absolute atomic E-state index is 0.368. The molecule has 1 N–H and O–H groups in total. The van der Waals surface area contributed by atoms with Gasteiger partial charge in [-0.05, 0) is 38.9 Å². The summed E-state index contributed by atoms with van der Waals surface area (Å²) in [4.78, 5) is 7.97. The van der Waals surface area contributed by atoms with E-state index in [0.29, 0.717) is 6.04 Å². The van der Waals surface area contributed by atoms with E-state index >= 15 is 0 Å². The van der Waals surface area contributed by atoms with Crippen LogP contribution in [0.2, 0.25) is 0 Å². The van der Waals surface area contributed by atoms with Crippen LogP contribution in [0.5, 0.6) is 0 Å². The van der Waals surface area contributed by atoms with E-state index in [9.17, 15) is 0 Å². The van der Waals surface area contributed by atoms with Crippen LogP contribution < -0.4 is 10.2 Å². The highest BCUT2D eigenvalue weighted by molar-refractivity contribution is 7.15. The van der Waals surface area contributed by atoms with Crippen LogP contribution >= 0.6 is 11.3 Å². The van der Waals surface area contributed by atoms with Crippen molar-refractivity contribution in [2.45, 2.75) is 33.2 Å². The van der Waals surface area contributed by atoms with E-state index in [1.807, 2.05) is 6.20 Å². The van der Waals surface area contributed by atoms with E-state index in [2.05, 4.69) is 67.3 Å². The summed E-state index contributed by atoms with van der Waals surface area (Å²) in [6.07, 6.45) is 3.14. The van der Waals surface area contributed by atoms with Crippen LogP contribution in [0.4, 0.5) is 10.8 Å². The second-order valence-electron chi connectivity index (χ2n) is 5.12. The molecule has 108 valence electrons. The molecule has 0 aliphatic heterocycles. The van der Waals surface area contributed by atoms with Crippen molar-refractivity contribution in [2.75, 3.05) is 18.5 Å². The van der Waals surface area contributed by atoms with Gasteiger partial charge in [0.1, 0.15) is 0 Å². The third-order valence-corrected chi connectivity index (χ3v) is 4.60. The standard InChI is InChI=1S/C16H23N3S/c1-5-10-17-13(3)15-11-18-16(20-15)19(4)14-8-6-12(2)7-9-14/h6-9,11,13,17H,5,10H2,1-4H3. The highest BCUT2D eigenvalue weighted by atomic mass is 32.1. The summed E-state index contributed by atoms with van der Waals surface area (Å²) in [5, 5.41) is 4.54. The van der Waals surface area contributed by atoms with Crippen molar-refractivity contribution in [1.29, 1.82) is 0 Å². The Bertz CT molecular complexity index is 533. The van der Waals surface area contributed by atoms with Gasteiger partial charge in [-0.25, -0.2) is 4.98 Å². The molecule has 0 spiro atoms. The van der Waals surface area contributed by atoms with Crippen LogP contribution in [-0.2, 0) is 0 Å². The largest absolute Gasteiger partial charge is 0.321 e. The van der Waals surface area contributed by atoms with Crippen molar-refractivity contribution in [1.82, 2.24) is 10.3 Å². The summed E-state index contributed by atoms with van der Waals surface area (Å²) < 4.78 is 0. The summed E-state index contributed by atoms with van der Waals surface area (Å²) >= 11 is 1.75. The van der Waals surface area contributed by atoms with Gasteiger partial charge in [0, 0.05) is 29.9 Å². The van der Waals surface area contributed by atoms with Crippen molar-refractivity contribution in [3.63, 3.8) is 0 Å². The Kier molecular flexibility index (Phi) is 5.15. The molecule has 0 saturated heterocycles. The molecule has 0 saturated carbocycles. The molecule has 20 heavy (non-hydrogen) atoms. The molecule has 0 bridgehead atoms. The Morgan fingerprint density at radius 3 is 2.65 bits per heavy atom. The fraction of sp³-hybridized carbons (Fsp3) is 0.438. The SMILES string of the molecule is CCCNC(C)c1cnc(N(C)c2ccc(C)cc2)s1. The van der Waals surface area contributed by atoms with Crippen LogP contribution in [0.25, 0.3) is 0 Å². The molecular weight excluding hydrogens is 266 g/mol. The quantitative estimate of drug-likeness (QED) is 0.860. The molecule has 0 amide bonds. The van der Waals surface area contributed by atoms with Gasteiger partial charge in [-0.1, -0.05) is 36.0 Å². The van der Waals surface area contributed by atoms with E-state index < -0.39 is 0 Å². The maximum Gasteiger partial charge on any atom is 0.189 e. The van der Waals surface area contributed by atoms with Crippen LogP contribution in [0.3, 0.4) is 0 Å². The van der Waals surface area contributed by atoms with E-state index in [1.54, 1.807) is 11.3 Å². The van der Waals surface area contributed by atoms with Gasteiger partial charge in [0.05, 0.1) is 0 Å². The van der Waals surface area contributed by atoms with Crippen LogP contribution in [0.15, 0.2) is 30.5 Å². The maximum atomic E-state index is 4.55. The van der Waals surface area contributed by atoms with Gasteiger partial charge in [0.25, 0.3) is 0 Å². The zero-order valence-corrected chi connectivity index (χ0v) is 13.5. The van der Waals surface area contributed by atoms with Crippen molar-refractivity contribution in [3.8, 4) is 0 Å². The van der Waals surface area contributed by atoms with E-state index in [1.165, 1.54) is 16.1 Å². The topological polar surface area (TPSA) is 28.2 Å². The second kappa shape index (κ2) is 6.86. The summed E-state index contributed by atoms with van der Waals surface area (Å²) in [5.74, 6) is 0. The lowest BCUT2D eigenvalue weighted by Gasteiger charge is -2.16. The first-order chi connectivity index (χ1) is 9.61. The predicted molar refractivity (Wildman–Crippen MR) is 88.1 cm³/mol. The van der Waals surface area contributed by atoms with Crippen molar-refractivity contribution >= 4 is 22.2 Å². The zero-order valence-electron chi connectivity index (χ0n) is 12.7. The smallest absolute Gasteiger partial charge is 0.189 e. The molecule has 1 aromatic heterocycles. The first-order valence-corrected chi connectivity index (χ1v) is 7.93. The van der Waals surface area contributed by atoms with Crippen molar-refractivity contribution in [3.05, 3.63) is 40.9 Å². The summed E-state index contributed by atoms with van der Waals surface area (Å²) in [5.41, 5.74) is 2.45. The highest BCUT2D eigenvalue weighted by Gasteiger charge is 2.12. The Hall–Kier alpha value is -1.39. The summed E-state index contributed by atoms with van der Waals surface area (Å²) in [6.45, 7) is 7.52. The summed E-state index contributed by atoms with van der Waals surface area (Å²) in [6, 6.07) is 8.90.